The Labute approximate surface area is 378 Å². The van der Waals surface area contributed by atoms with E-state index in [0.29, 0.717) is 18.4 Å². The number of unbranched alkanes of at least 4 members (excludes halogenated alkanes) is 5. The van der Waals surface area contributed by atoms with Gasteiger partial charge in [0, 0.05) is 62.9 Å². The van der Waals surface area contributed by atoms with Crippen molar-refractivity contribution in [2.75, 3.05) is 40.4 Å². The molecule has 0 atom stereocenters. The third-order valence-electron chi connectivity index (χ3n) is 11.3. The zero-order chi connectivity index (χ0) is 47.7. The van der Waals surface area contributed by atoms with E-state index in [2.05, 4.69) is 109 Å². The molecule has 63 heavy (non-hydrogen) atoms. The van der Waals surface area contributed by atoms with Crippen LogP contribution in [-0.4, -0.2) is 120 Å². The van der Waals surface area contributed by atoms with Gasteiger partial charge in [-0.1, -0.05) is 43.9 Å². The zero-order valence-electron chi connectivity index (χ0n) is 41.3. The lowest BCUT2D eigenvalue weighted by molar-refractivity contribution is -0.260. The lowest BCUT2D eigenvalue weighted by Crippen LogP contribution is -2.67. The van der Waals surface area contributed by atoms with Crippen LogP contribution in [0, 0.1) is 0 Å². The average Bonchev–Trinajstić information content (AvgIpc) is 3.17. The number of nitrogens with one attached hydrogen (secondary N) is 3. The maximum absolute atomic E-state index is 12.4. The fraction of sp³-hybridized carbons (Fsp3) is 0.771. The number of piperazine rings is 2. The Morgan fingerprint density at radius 2 is 0.873 bits per heavy atom. The number of hydrogen-bond donors (Lipinski definition) is 3. The highest BCUT2D eigenvalue weighted by Gasteiger charge is 2.46. The van der Waals surface area contributed by atoms with Crippen molar-refractivity contribution in [3.8, 4) is 0 Å². The first kappa shape index (κ1) is 55.5. The Kier molecular flexibility index (Phi) is 21.7. The van der Waals surface area contributed by atoms with Crippen LogP contribution in [0.1, 0.15) is 170 Å². The van der Waals surface area contributed by atoms with Crippen molar-refractivity contribution in [3.63, 3.8) is 0 Å². The van der Waals surface area contributed by atoms with Crippen molar-refractivity contribution in [1.82, 2.24) is 26.1 Å². The maximum Gasteiger partial charge on any atom is 0.338 e. The molecule has 1 aromatic carbocycles. The highest BCUT2D eigenvalue weighted by molar-refractivity contribution is 5.89. The minimum atomic E-state index is -0.398. The van der Waals surface area contributed by atoms with Crippen LogP contribution >= 0.6 is 0 Å². The number of hydroxylamine groups is 4. The standard InChI is InChI=1S/C26H50N4O4.C16H23NO2.C6H10O4/c1-23(2)17-27-18-24(3,4)29(23)33-21(31)15-13-11-9-10-12-14-16-22(32)34-30-25(5,6)19-28-20-26(30,7)8;1-15(2)10-13(11-16(3,4)17-15)19-14(18)12-8-6-5-7-9-12;1-9-5(7)3-4-6(8)10-2/h27-28H,9-20H2,1-8H3;5-9,13,17H,10-11H2,1-4H3;3-4H2,1-2H3. The summed E-state index contributed by atoms with van der Waals surface area (Å²) in [4.78, 5) is 69.3. The highest BCUT2D eigenvalue weighted by atomic mass is 16.7. The molecule has 4 rings (SSSR count). The molecule has 15 nitrogen and oxygen atoms in total. The second-order valence-corrected chi connectivity index (χ2v) is 20.9. The van der Waals surface area contributed by atoms with E-state index in [1.54, 1.807) is 12.1 Å². The summed E-state index contributed by atoms with van der Waals surface area (Å²) >= 11 is 0. The minimum Gasteiger partial charge on any atom is -0.469 e. The van der Waals surface area contributed by atoms with Gasteiger partial charge in [0.1, 0.15) is 6.10 Å². The molecule has 0 radical (unpaired) electrons. The predicted molar refractivity (Wildman–Crippen MR) is 244 cm³/mol. The van der Waals surface area contributed by atoms with E-state index < -0.39 is 11.9 Å². The minimum absolute atomic E-state index is 0.0105. The number of benzene rings is 1. The molecule has 1 aromatic rings. The lowest BCUT2D eigenvalue weighted by Gasteiger charge is -2.50. The lowest BCUT2D eigenvalue weighted by atomic mass is 9.81. The Morgan fingerprint density at radius 3 is 1.22 bits per heavy atom. The predicted octanol–water partition coefficient (Wildman–Crippen LogP) is 7.21. The number of methoxy groups -OCH3 is 2. The van der Waals surface area contributed by atoms with Gasteiger partial charge < -0.3 is 39.8 Å². The Balaban J connectivity index is 0.000000391. The molecule has 360 valence electrons. The molecule has 3 saturated heterocycles. The number of rotatable bonds is 16. The van der Waals surface area contributed by atoms with Crippen LogP contribution in [-0.2, 0) is 43.1 Å². The molecule has 0 saturated carbocycles. The van der Waals surface area contributed by atoms with Crippen LogP contribution in [0.25, 0.3) is 0 Å². The van der Waals surface area contributed by atoms with E-state index in [9.17, 15) is 24.0 Å². The van der Waals surface area contributed by atoms with Gasteiger partial charge in [-0.25, -0.2) is 4.79 Å². The molecule has 0 unspecified atom stereocenters. The number of esters is 3. The largest absolute Gasteiger partial charge is 0.469 e. The molecule has 3 N–H and O–H groups in total. The molecule has 15 heteroatoms. The summed E-state index contributed by atoms with van der Waals surface area (Å²) in [7, 11) is 2.55. The van der Waals surface area contributed by atoms with Crippen LogP contribution in [0.15, 0.2) is 30.3 Å². The molecular formula is C48H83N5O10. The first-order valence-electron chi connectivity index (χ1n) is 22.8. The van der Waals surface area contributed by atoms with Crippen LogP contribution in [0.2, 0.25) is 0 Å². The molecule has 3 aliphatic rings. The van der Waals surface area contributed by atoms with Gasteiger partial charge in [-0.3, -0.25) is 19.2 Å². The number of carbonyl (C=O) groups excluding carboxylic acids is 5. The molecule has 3 fully saturated rings. The summed E-state index contributed by atoms with van der Waals surface area (Å²) in [6.45, 7) is 28.5. The van der Waals surface area contributed by atoms with E-state index in [1.165, 1.54) is 14.2 Å². The summed E-state index contributed by atoms with van der Waals surface area (Å²) < 4.78 is 14.3. The molecule has 0 aromatic heterocycles. The van der Waals surface area contributed by atoms with Crippen molar-refractivity contribution < 1.29 is 47.9 Å². The Morgan fingerprint density at radius 1 is 0.524 bits per heavy atom. The van der Waals surface area contributed by atoms with E-state index in [-0.39, 0.29) is 70.1 Å². The summed E-state index contributed by atoms with van der Waals surface area (Å²) in [5.74, 6) is -1.32. The first-order valence-corrected chi connectivity index (χ1v) is 22.8. The monoisotopic (exact) mass is 890 g/mol. The van der Waals surface area contributed by atoms with Gasteiger partial charge in [-0.05, 0) is 108 Å². The third kappa shape index (κ3) is 20.0. The van der Waals surface area contributed by atoms with Gasteiger partial charge in [-0.15, -0.1) is 10.1 Å². The quantitative estimate of drug-likeness (QED) is 0.0862. The van der Waals surface area contributed by atoms with Gasteiger partial charge in [0.15, 0.2) is 0 Å². The second-order valence-electron chi connectivity index (χ2n) is 20.9. The first-order chi connectivity index (χ1) is 29.1. The van der Waals surface area contributed by atoms with Gasteiger partial charge in [0.25, 0.3) is 0 Å². The van der Waals surface area contributed by atoms with E-state index >= 15 is 0 Å². The molecule has 3 aliphatic heterocycles. The van der Waals surface area contributed by atoms with Gasteiger partial charge in [-0.2, -0.15) is 0 Å². The van der Waals surface area contributed by atoms with Crippen LogP contribution in [0.4, 0.5) is 0 Å². The number of nitrogens with zero attached hydrogens (tertiary/aromatic N) is 2. The third-order valence-corrected chi connectivity index (χ3v) is 11.3. The molecular weight excluding hydrogens is 807 g/mol. The fourth-order valence-electron chi connectivity index (χ4n) is 8.82. The summed E-state index contributed by atoms with van der Waals surface area (Å²) in [6.07, 6.45) is 8.50. The second kappa shape index (κ2) is 24.6. The van der Waals surface area contributed by atoms with Crippen LogP contribution < -0.4 is 16.0 Å². The fourth-order valence-corrected chi connectivity index (χ4v) is 8.82. The maximum atomic E-state index is 12.4. The van der Waals surface area contributed by atoms with Crippen molar-refractivity contribution in [1.29, 1.82) is 0 Å². The number of hydrogen-bond acceptors (Lipinski definition) is 15. The number of ether oxygens (including phenoxy) is 3. The molecule has 0 bridgehead atoms. The van der Waals surface area contributed by atoms with Crippen molar-refractivity contribution in [2.24, 2.45) is 0 Å². The van der Waals surface area contributed by atoms with Crippen molar-refractivity contribution in [3.05, 3.63) is 35.9 Å². The molecule has 3 heterocycles. The van der Waals surface area contributed by atoms with Crippen LogP contribution in [0.3, 0.4) is 0 Å². The Bertz CT molecular complexity index is 1490. The van der Waals surface area contributed by atoms with Gasteiger partial charge in [0.2, 0.25) is 0 Å². The van der Waals surface area contributed by atoms with E-state index in [0.717, 1.165) is 77.5 Å². The van der Waals surface area contributed by atoms with Gasteiger partial charge in [0.05, 0.1) is 54.8 Å². The summed E-state index contributed by atoms with van der Waals surface area (Å²) in [5.41, 5.74) is -0.308. The molecule has 0 aliphatic carbocycles. The van der Waals surface area contributed by atoms with Crippen molar-refractivity contribution in [2.45, 2.75) is 199 Å². The topological polar surface area (TPSA) is 174 Å². The normalized spacial score (nSPS) is 20.9. The van der Waals surface area contributed by atoms with Gasteiger partial charge >= 0.3 is 29.8 Å². The van der Waals surface area contributed by atoms with Crippen LogP contribution in [0.5, 0.6) is 0 Å². The van der Waals surface area contributed by atoms with Crippen molar-refractivity contribution >= 4 is 29.8 Å². The zero-order valence-corrected chi connectivity index (χ0v) is 41.3. The summed E-state index contributed by atoms with van der Waals surface area (Å²) in [5, 5.41) is 14.2. The number of piperidine rings is 1. The smallest absolute Gasteiger partial charge is 0.338 e. The van der Waals surface area contributed by atoms with E-state index in [4.69, 9.17) is 14.4 Å². The summed E-state index contributed by atoms with van der Waals surface area (Å²) in [6, 6.07) is 9.19. The molecule has 0 spiro atoms. The highest BCUT2D eigenvalue weighted by Crippen LogP contribution is 2.32. The number of carbonyl (C=O) groups is 5. The van der Waals surface area contributed by atoms with E-state index in [1.807, 2.05) is 28.3 Å². The average molecular weight is 890 g/mol. The molecule has 0 amide bonds. The Hall–Kier alpha value is -3.63. The SMILES string of the molecule is CC1(C)CC(OC(=O)c2ccccc2)CC(C)(C)N1.CC1(C)CNCC(C)(C)N1OC(=O)CCCCCCCCC(=O)ON1C(C)(C)CNCC1(C)C.COC(=O)CCC(=O)OC.